The average Bonchev–Trinajstić information content (AvgIpc) is 2.47. The molecule has 0 aromatic heterocycles. The summed E-state index contributed by atoms with van der Waals surface area (Å²) in [5, 5.41) is 9.39. The molecule has 0 unspecified atom stereocenters. The molecule has 3 nitrogen and oxygen atoms in total. The van der Waals surface area contributed by atoms with Gasteiger partial charge in [0.25, 0.3) is 0 Å². The van der Waals surface area contributed by atoms with Gasteiger partial charge in [-0.15, -0.1) is 0 Å². The van der Waals surface area contributed by atoms with E-state index in [0.29, 0.717) is 12.5 Å². The van der Waals surface area contributed by atoms with E-state index in [-0.39, 0.29) is 11.6 Å². The first-order valence-electron chi connectivity index (χ1n) is 5.47. The number of rotatable bonds is 1. The molecule has 0 saturated heterocycles. The van der Waals surface area contributed by atoms with E-state index in [2.05, 4.69) is 18.8 Å². The van der Waals surface area contributed by atoms with Gasteiger partial charge < -0.3 is 9.84 Å². The predicted octanol–water partition coefficient (Wildman–Crippen LogP) is 1.74. The Balaban J connectivity index is 1.97. The molecule has 1 N–H and O–H groups in total. The first-order chi connectivity index (χ1) is 6.57. The molecule has 0 aromatic rings. The number of hydrogen-bond acceptors (Lipinski definition) is 3. The van der Waals surface area contributed by atoms with Crippen molar-refractivity contribution in [2.75, 3.05) is 6.61 Å². The quantitative estimate of drug-likeness (QED) is 0.695. The largest absolute Gasteiger partial charge is 0.478 e. The third kappa shape index (κ3) is 2.08. The Morgan fingerprint density at radius 3 is 2.43 bits per heavy atom. The van der Waals surface area contributed by atoms with Gasteiger partial charge in [0, 0.05) is 5.92 Å². The Morgan fingerprint density at radius 1 is 1.29 bits per heavy atom. The van der Waals surface area contributed by atoms with E-state index >= 15 is 0 Å². The van der Waals surface area contributed by atoms with E-state index in [4.69, 9.17) is 4.74 Å². The van der Waals surface area contributed by atoms with Crippen molar-refractivity contribution in [1.82, 2.24) is 0 Å². The minimum atomic E-state index is -0.0961. The molecule has 1 saturated carbocycles. The third-order valence-electron chi connectivity index (χ3n) is 3.03. The van der Waals surface area contributed by atoms with Crippen molar-refractivity contribution in [3.05, 3.63) is 0 Å². The zero-order chi connectivity index (χ0) is 10.2. The van der Waals surface area contributed by atoms with Crippen molar-refractivity contribution < 1.29 is 9.84 Å². The SMILES string of the molecule is CC1(C)COC(C2CCC(O)CC2)=N1. The Hall–Kier alpha value is -0.570. The van der Waals surface area contributed by atoms with Gasteiger partial charge in [-0.05, 0) is 39.5 Å². The lowest BCUT2D eigenvalue weighted by Crippen LogP contribution is -2.24. The number of ether oxygens (including phenoxy) is 1. The molecule has 0 radical (unpaired) electrons. The number of aliphatic imine (C=N–C) groups is 1. The van der Waals surface area contributed by atoms with Gasteiger partial charge in [0.05, 0.1) is 11.6 Å². The molecule has 0 spiro atoms. The van der Waals surface area contributed by atoms with E-state index in [0.717, 1.165) is 31.6 Å². The van der Waals surface area contributed by atoms with Crippen LogP contribution >= 0.6 is 0 Å². The van der Waals surface area contributed by atoms with Crippen LogP contribution in [0.1, 0.15) is 39.5 Å². The summed E-state index contributed by atoms with van der Waals surface area (Å²) in [7, 11) is 0. The molecule has 1 fully saturated rings. The highest BCUT2D eigenvalue weighted by molar-refractivity contribution is 5.80. The molecule has 14 heavy (non-hydrogen) atoms. The lowest BCUT2D eigenvalue weighted by Gasteiger charge is -2.24. The van der Waals surface area contributed by atoms with E-state index in [1.165, 1.54) is 0 Å². The fourth-order valence-corrected chi connectivity index (χ4v) is 2.15. The molecule has 3 heteroatoms. The van der Waals surface area contributed by atoms with Gasteiger partial charge >= 0.3 is 0 Å². The zero-order valence-electron chi connectivity index (χ0n) is 8.99. The van der Waals surface area contributed by atoms with Crippen LogP contribution in [0.2, 0.25) is 0 Å². The number of nitrogens with zero attached hydrogens (tertiary/aromatic N) is 1. The fraction of sp³-hybridized carbons (Fsp3) is 0.909. The Labute approximate surface area is 85.2 Å². The standard InChI is InChI=1S/C11H19NO2/c1-11(2)7-14-10(12-11)8-3-5-9(13)6-4-8/h8-9,13H,3-7H2,1-2H3. The smallest absolute Gasteiger partial charge is 0.187 e. The van der Waals surface area contributed by atoms with Crippen LogP contribution in [-0.4, -0.2) is 29.3 Å². The first-order valence-corrected chi connectivity index (χ1v) is 5.47. The lowest BCUT2D eigenvalue weighted by atomic mass is 9.87. The van der Waals surface area contributed by atoms with Gasteiger partial charge in [0.15, 0.2) is 5.90 Å². The highest BCUT2D eigenvalue weighted by Gasteiger charge is 2.32. The predicted molar refractivity (Wildman–Crippen MR) is 55.4 cm³/mol. The Morgan fingerprint density at radius 2 is 1.93 bits per heavy atom. The van der Waals surface area contributed by atoms with Crippen molar-refractivity contribution >= 4 is 5.90 Å². The molecule has 0 amide bonds. The van der Waals surface area contributed by atoms with Gasteiger partial charge in [-0.3, -0.25) is 0 Å². The molecule has 0 atom stereocenters. The minimum Gasteiger partial charge on any atom is -0.478 e. The van der Waals surface area contributed by atoms with Crippen LogP contribution in [0.15, 0.2) is 4.99 Å². The zero-order valence-corrected chi connectivity index (χ0v) is 8.99. The van der Waals surface area contributed by atoms with Gasteiger partial charge in [-0.2, -0.15) is 0 Å². The first kappa shape index (κ1) is 9.97. The maximum absolute atomic E-state index is 9.39. The molecular weight excluding hydrogens is 178 g/mol. The summed E-state index contributed by atoms with van der Waals surface area (Å²) in [6.45, 7) is 4.90. The van der Waals surface area contributed by atoms with Crippen LogP contribution in [0.5, 0.6) is 0 Å². The summed E-state index contributed by atoms with van der Waals surface area (Å²) in [6.07, 6.45) is 3.74. The highest BCUT2D eigenvalue weighted by atomic mass is 16.5. The summed E-state index contributed by atoms with van der Waals surface area (Å²) in [6, 6.07) is 0. The Kier molecular flexibility index (Phi) is 2.52. The van der Waals surface area contributed by atoms with Gasteiger partial charge in [0.2, 0.25) is 0 Å². The van der Waals surface area contributed by atoms with E-state index in [1.54, 1.807) is 0 Å². The average molecular weight is 197 g/mol. The molecule has 1 heterocycles. The molecule has 1 aliphatic carbocycles. The van der Waals surface area contributed by atoms with Crippen molar-refractivity contribution in [2.24, 2.45) is 10.9 Å². The number of hydrogen-bond donors (Lipinski definition) is 1. The molecule has 0 bridgehead atoms. The van der Waals surface area contributed by atoms with Crippen LogP contribution in [0.3, 0.4) is 0 Å². The lowest BCUT2D eigenvalue weighted by molar-refractivity contribution is 0.116. The maximum Gasteiger partial charge on any atom is 0.187 e. The fourth-order valence-electron chi connectivity index (χ4n) is 2.15. The van der Waals surface area contributed by atoms with Crippen LogP contribution in [-0.2, 0) is 4.74 Å². The maximum atomic E-state index is 9.39. The van der Waals surface area contributed by atoms with Crippen LogP contribution < -0.4 is 0 Å². The summed E-state index contributed by atoms with van der Waals surface area (Å²) >= 11 is 0. The van der Waals surface area contributed by atoms with Gasteiger partial charge in [-0.25, -0.2) is 4.99 Å². The molecule has 1 aliphatic heterocycles. The summed E-state index contributed by atoms with van der Waals surface area (Å²) in [4.78, 5) is 4.58. The monoisotopic (exact) mass is 197 g/mol. The van der Waals surface area contributed by atoms with E-state index < -0.39 is 0 Å². The second kappa shape index (κ2) is 3.54. The summed E-state index contributed by atoms with van der Waals surface area (Å²) < 4.78 is 5.61. The van der Waals surface area contributed by atoms with E-state index in [9.17, 15) is 5.11 Å². The van der Waals surface area contributed by atoms with Crippen molar-refractivity contribution in [3.8, 4) is 0 Å². The molecule has 2 aliphatic rings. The summed E-state index contributed by atoms with van der Waals surface area (Å²) in [5.74, 6) is 1.39. The van der Waals surface area contributed by atoms with Crippen LogP contribution in [0.4, 0.5) is 0 Å². The van der Waals surface area contributed by atoms with Crippen molar-refractivity contribution in [3.63, 3.8) is 0 Å². The minimum absolute atomic E-state index is 0.0363. The molecule has 2 rings (SSSR count). The Bertz CT molecular complexity index is 240. The van der Waals surface area contributed by atoms with Gasteiger partial charge in [0.1, 0.15) is 6.61 Å². The van der Waals surface area contributed by atoms with Gasteiger partial charge in [-0.1, -0.05) is 0 Å². The topological polar surface area (TPSA) is 41.8 Å². The molecule has 80 valence electrons. The summed E-state index contributed by atoms with van der Waals surface area (Å²) in [5.41, 5.74) is -0.0363. The number of aliphatic hydroxyl groups excluding tert-OH is 1. The highest BCUT2D eigenvalue weighted by Crippen LogP contribution is 2.30. The van der Waals surface area contributed by atoms with Crippen molar-refractivity contribution in [1.29, 1.82) is 0 Å². The van der Waals surface area contributed by atoms with Crippen LogP contribution in [0, 0.1) is 5.92 Å². The molecular formula is C11H19NO2. The normalized spacial score (nSPS) is 36.4. The molecule has 0 aromatic carbocycles. The van der Waals surface area contributed by atoms with Crippen LogP contribution in [0.25, 0.3) is 0 Å². The van der Waals surface area contributed by atoms with Crippen molar-refractivity contribution in [2.45, 2.75) is 51.2 Å². The second-order valence-electron chi connectivity index (χ2n) is 5.06. The second-order valence-corrected chi connectivity index (χ2v) is 5.06. The van der Waals surface area contributed by atoms with E-state index in [1.807, 2.05) is 0 Å². The number of aliphatic hydroxyl groups is 1. The third-order valence-corrected chi connectivity index (χ3v) is 3.03.